The number of aliphatic imine (C=N–C) groups is 2. The second-order valence-corrected chi connectivity index (χ2v) is 1.20. The van der Waals surface area contributed by atoms with Crippen molar-refractivity contribution >= 4 is 12.1 Å². The molecule has 0 aromatic carbocycles. The minimum Gasteiger partial charge on any atom is -0.265 e. The first-order valence-electron chi connectivity index (χ1n) is 1.93. The molecule has 0 aliphatic carbocycles. The highest BCUT2D eigenvalue weighted by molar-refractivity contribution is 5.92. The molecule has 1 aliphatic rings. The first-order valence-corrected chi connectivity index (χ1v) is 1.93. The van der Waals surface area contributed by atoms with Crippen LogP contribution in [0.25, 0.3) is 0 Å². The van der Waals surface area contributed by atoms with E-state index in [0.29, 0.717) is 0 Å². The van der Waals surface area contributed by atoms with Gasteiger partial charge in [0, 0.05) is 6.21 Å². The van der Waals surface area contributed by atoms with Gasteiger partial charge in [-0.2, -0.15) is 0 Å². The molecule has 1 heterocycles. The molecule has 0 unspecified atom stereocenters. The molecule has 1 rings (SSSR count). The van der Waals surface area contributed by atoms with E-state index in [4.69, 9.17) is 0 Å². The summed E-state index contributed by atoms with van der Waals surface area (Å²) in [5.41, 5.74) is 0. The van der Waals surface area contributed by atoms with Gasteiger partial charge in [0.15, 0.2) is 0 Å². The highest BCUT2D eigenvalue weighted by Crippen LogP contribution is 1.84. The zero-order valence-electron chi connectivity index (χ0n) is 3.68. The molecule has 2 nitrogen and oxygen atoms in total. The van der Waals surface area contributed by atoms with E-state index < -0.39 is 0 Å². The van der Waals surface area contributed by atoms with Crippen LogP contribution in [0.2, 0.25) is 0 Å². The van der Waals surface area contributed by atoms with Crippen LogP contribution in [0.3, 0.4) is 0 Å². The second kappa shape index (κ2) is 1.20. The van der Waals surface area contributed by atoms with Gasteiger partial charge in [-0.1, -0.05) is 0 Å². The van der Waals surface area contributed by atoms with Crippen LogP contribution in [0, 0.1) is 0 Å². The predicted molar refractivity (Wildman–Crippen MR) is 26.5 cm³/mol. The summed E-state index contributed by atoms with van der Waals surface area (Å²) in [5.74, 6) is 0.898. The Balaban J connectivity index is 2.68. The van der Waals surface area contributed by atoms with E-state index in [1.165, 1.54) is 0 Å². The van der Waals surface area contributed by atoms with E-state index in [2.05, 4.69) is 9.98 Å². The van der Waals surface area contributed by atoms with Crippen LogP contribution in [0.15, 0.2) is 9.98 Å². The highest BCUT2D eigenvalue weighted by atomic mass is 15.0. The van der Waals surface area contributed by atoms with Crippen molar-refractivity contribution in [2.24, 2.45) is 9.98 Å². The van der Waals surface area contributed by atoms with Crippen LogP contribution < -0.4 is 0 Å². The first-order chi connectivity index (χ1) is 2.89. The molecular weight excluding hydrogens is 76.1 g/mol. The molecule has 0 aromatic rings. The SMILES string of the molecule is CC1=NCC=N1. The minimum atomic E-state index is 0.784. The minimum absolute atomic E-state index is 0.784. The molecule has 0 spiro atoms. The predicted octanol–water partition coefficient (Wildman–Crippen LogP) is 0.489. The summed E-state index contributed by atoms with van der Waals surface area (Å²) in [6.45, 7) is 2.68. The molecule has 2 heteroatoms. The molecule has 6 heavy (non-hydrogen) atoms. The van der Waals surface area contributed by atoms with Gasteiger partial charge in [-0.3, -0.25) is 4.99 Å². The molecule has 0 radical (unpaired) electrons. The van der Waals surface area contributed by atoms with E-state index in [9.17, 15) is 0 Å². The average molecular weight is 82.1 g/mol. The number of nitrogens with zero attached hydrogens (tertiary/aromatic N) is 2. The van der Waals surface area contributed by atoms with Crippen molar-refractivity contribution in [1.82, 2.24) is 0 Å². The quantitative estimate of drug-likeness (QED) is 0.406. The summed E-state index contributed by atoms with van der Waals surface area (Å²) in [4.78, 5) is 7.79. The van der Waals surface area contributed by atoms with E-state index >= 15 is 0 Å². The molecule has 0 N–H and O–H groups in total. The second-order valence-electron chi connectivity index (χ2n) is 1.20. The summed E-state index contributed by atoms with van der Waals surface area (Å²) in [6.07, 6.45) is 1.80. The molecule has 0 bridgehead atoms. The normalized spacial score (nSPS) is 18.5. The van der Waals surface area contributed by atoms with Crippen LogP contribution in [-0.4, -0.2) is 18.6 Å². The smallest absolute Gasteiger partial charge is 0.120 e. The third-order valence-electron chi connectivity index (χ3n) is 0.680. The molecule has 0 atom stereocenters. The van der Waals surface area contributed by atoms with Gasteiger partial charge in [-0.05, 0) is 6.92 Å². The maximum absolute atomic E-state index is 3.93. The third kappa shape index (κ3) is 0.455. The Hall–Kier alpha value is -0.660. The number of amidine groups is 1. The topological polar surface area (TPSA) is 24.7 Å². The van der Waals surface area contributed by atoms with Gasteiger partial charge < -0.3 is 0 Å². The Kier molecular flexibility index (Phi) is 0.708. The fourth-order valence-electron chi connectivity index (χ4n) is 0.387. The Bertz CT molecular complexity index is 99.4. The zero-order chi connectivity index (χ0) is 4.41. The molecule has 0 fully saturated rings. The van der Waals surface area contributed by atoms with Gasteiger partial charge in [-0.25, -0.2) is 4.99 Å². The van der Waals surface area contributed by atoms with Crippen LogP contribution in [0.1, 0.15) is 6.92 Å². The first kappa shape index (κ1) is 3.53. The van der Waals surface area contributed by atoms with Gasteiger partial charge in [0.05, 0.1) is 6.54 Å². The fraction of sp³-hybridized carbons (Fsp3) is 0.500. The maximum Gasteiger partial charge on any atom is 0.120 e. The van der Waals surface area contributed by atoms with Crippen molar-refractivity contribution in [2.45, 2.75) is 6.92 Å². The van der Waals surface area contributed by atoms with E-state index in [1.54, 1.807) is 6.21 Å². The lowest BCUT2D eigenvalue weighted by atomic mass is 10.7. The lowest BCUT2D eigenvalue weighted by Crippen LogP contribution is -1.73. The average Bonchev–Trinajstić information content (AvgIpc) is 1.86. The fourth-order valence-corrected chi connectivity index (χ4v) is 0.387. The van der Waals surface area contributed by atoms with Crippen LogP contribution in [0.5, 0.6) is 0 Å². The molecule has 32 valence electrons. The molecule has 0 saturated carbocycles. The number of rotatable bonds is 0. The summed E-state index contributed by atoms with van der Waals surface area (Å²) in [7, 11) is 0. The van der Waals surface area contributed by atoms with Crippen LogP contribution in [0.4, 0.5) is 0 Å². The van der Waals surface area contributed by atoms with Crippen molar-refractivity contribution in [2.75, 3.05) is 6.54 Å². The molecule has 1 aliphatic heterocycles. The molecule has 0 saturated heterocycles. The Morgan fingerprint density at radius 1 is 1.83 bits per heavy atom. The Labute approximate surface area is 36.6 Å². The Morgan fingerprint density at radius 3 is 2.83 bits per heavy atom. The van der Waals surface area contributed by atoms with E-state index in [1.807, 2.05) is 6.92 Å². The summed E-state index contributed by atoms with van der Waals surface area (Å²) >= 11 is 0. The van der Waals surface area contributed by atoms with Crippen molar-refractivity contribution in [3.8, 4) is 0 Å². The van der Waals surface area contributed by atoms with Gasteiger partial charge in [-0.15, -0.1) is 0 Å². The Morgan fingerprint density at radius 2 is 2.67 bits per heavy atom. The number of hydrogen-bond acceptors (Lipinski definition) is 2. The van der Waals surface area contributed by atoms with Crippen molar-refractivity contribution in [3.05, 3.63) is 0 Å². The van der Waals surface area contributed by atoms with Crippen molar-refractivity contribution < 1.29 is 0 Å². The lowest BCUT2D eigenvalue weighted by Gasteiger charge is -1.71. The van der Waals surface area contributed by atoms with Gasteiger partial charge >= 0.3 is 0 Å². The largest absolute Gasteiger partial charge is 0.265 e. The van der Waals surface area contributed by atoms with Gasteiger partial charge in [0.25, 0.3) is 0 Å². The van der Waals surface area contributed by atoms with E-state index in [0.717, 1.165) is 12.4 Å². The van der Waals surface area contributed by atoms with E-state index in [-0.39, 0.29) is 0 Å². The standard InChI is InChI=1S/C4H6N2/c1-4-5-2-3-6-4/h2H,3H2,1H3. The summed E-state index contributed by atoms with van der Waals surface area (Å²) in [6, 6.07) is 0. The van der Waals surface area contributed by atoms with Gasteiger partial charge in [0.1, 0.15) is 5.84 Å². The lowest BCUT2D eigenvalue weighted by molar-refractivity contribution is 1.35. The summed E-state index contributed by atoms with van der Waals surface area (Å²) < 4.78 is 0. The maximum atomic E-state index is 3.93. The molecule has 0 aromatic heterocycles. The highest BCUT2D eigenvalue weighted by Gasteiger charge is 1.87. The molecular formula is C4H6N2. The number of hydrogen-bond donors (Lipinski definition) is 0. The van der Waals surface area contributed by atoms with Crippen LogP contribution in [-0.2, 0) is 0 Å². The molecule has 0 amide bonds. The van der Waals surface area contributed by atoms with Crippen molar-refractivity contribution in [1.29, 1.82) is 0 Å². The van der Waals surface area contributed by atoms with Gasteiger partial charge in [0.2, 0.25) is 0 Å². The summed E-state index contributed by atoms with van der Waals surface area (Å²) in [5, 5.41) is 0. The van der Waals surface area contributed by atoms with Crippen LogP contribution >= 0.6 is 0 Å². The third-order valence-corrected chi connectivity index (χ3v) is 0.680. The van der Waals surface area contributed by atoms with Crippen molar-refractivity contribution in [3.63, 3.8) is 0 Å². The monoisotopic (exact) mass is 82.1 g/mol. The zero-order valence-corrected chi connectivity index (χ0v) is 3.68.